The molecule has 4 heteroatoms. The molecule has 2 atom stereocenters. The third-order valence-electron chi connectivity index (χ3n) is 3.08. The van der Waals surface area contributed by atoms with Crippen molar-refractivity contribution in [2.45, 2.75) is 52.2 Å². The summed E-state index contributed by atoms with van der Waals surface area (Å²) < 4.78 is 11.1. The number of benzene rings is 1. The minimum Gasteiger partial charge on any atom is -0.508 e. The molecule has 4 nitrogen and oxygen atoms in total. The number of carbonyl (C=O) groups is 1. The monoisotopic (exact) mass is 280 g/mol. The number of phenolic OH excluding ortho intramolecular Hbond substituents is 1. The highest BCUT2D eigenvalue weighted by atomic mass is 16.6. The minimum atomic E-state index is -0.393. The Morgan fingerprint density at radius 2 is 1.90 bits per heavy atom. The van der Waals surface area contributed by atoms with Crippen LogP contribution in [-0.4, -0.2) is 29.9 Å². The van der Waals surface area contributed by atoms with Gasteiger partial charge in [-0.05, 0) is 44.0 Å². The van der Waals surface area contributed by atoms with E-state index in [0.717, 1.165) is 19.3 Å². The van der Waals surface area contributed by atoms with Crippen molar-refractivity contribution in [3.8, 4) is 5.75 Å². The summed E-state index contributed by atoms with van der Waals surface area (Å²) in [5.74, 6) is -0.264. The van der Waals surface area contributed by atoms with E-state index in [1.54, 1.807) is 12.1 Å². The molecule has 0 heterocycles. The van der Waals surface area contributed by atoms with Gasteiger partial charge in [0.05, 0.1) is 17.8 Å². The van der Waals surface area contributed by atoms with Crippen LogP contribution in [0, 0.1) is 0 Å². The standard InChI is InChI=1S/C16H24O4/c1-4-6-12(3)20-15(5-2)11-19-16(18)13-7-9-14(17)10-8-13/h7-10,12,15,17H,4-6,11H2,1-3H3/t12?,15-/m0/s1. The van der Waals surface area contributed by atoms with Crippen LogP contribution in [0.2, 0.25) is 0 Å². The zero-order chi connectivity index (χ0) is 15.0. The van der Waals surface area contributed by atoms with Crippen LogP contribution in [-0.2, 0) is 9.47 Å². The number of hydrogen-bond acceptors (Lipinski definition) is 4. The number of aromatic hydroxyl groups is 1. The number of phenols is 1. The molecule has 112 valence electrons. The lowest BCUT2D eigenvalue weighted by Gasteiger charge is -2.21. The highest BCUT2D eigenvalue weighted by molar-refractivity contribution is 5.89. The van der Waals surface area contributed by atoms with E-state index in [9.17, 15) is 9.90 Å². The summed E-state index contributed by atoms with van der Waals surface area (Å²) in [5.41, 5.74) is 0.430. The van der Waals surface area contributed by atoms with Gasteiger partial charge in [0.1, 0.15) is 12.4 Å². The summed E-state index contributed by atoms with van der Waals surface area (Å²) in [4.78, 5) is 11.8. The van der Waals surface area contributed by atoms with Gasteiger partial charge in [-0.1, -0.05) is 20.3 Å². The molecule has 0 saturated heterocycles. The van der Waals surface area contributed by atoms with Crippen molar-refractivity contribution in [1.82, 2.24) is 0 Å². The van der Waals surface area contributed by atoms with Gasteiger partial charge in [-0.15, -0.1) is 0 Å². The van der Waals surface area contributed by atoms with Crippen LogP contribution < -0.4 is 0 Å². The van der Waals surface area contributed by atoms with Gasteiger partial charge in [0.2, 0.25) is 0 Å². The molecule has 1 rings (SSSR count). The first-order chi connectivity index (χ1) is 9.56. The summed E-state index contributed by atoms with van der Waals surface area (Å²) in [6.07, 6.45) is 2.99. The molecule has 0 aliphatic heterocycles. The summed E-state index contributed by atoms with van der Waals surface area (Å²) in [7, 11) is 0. The number of carbonyl (C=O) groups excluding carboxylic acids is 1. The first kappa shape index (κ1) is 16.5. The summed E-state index contributed by atoms with van der Waals surface area (Å²) in [5, 5.41) is 9.17. The van der Waals surface area contributed by atoms with Gasteiger partial charge in [-0.3, -0.25) is 0 Å². The molecule has 1 aromatic rings. The van der Waals surface area contributed by atoms with E-state index < -0.39 is 5.97 Å². The average Bonchev–Trinajstić information content (AvgIpc) is 2.44. The summed E-state index contributed by atoms with van der Waals surface area (Å²) >= 11 is 0. The van der Waals surface area contributed by atoms with Crippen LogP contribution in [0.25, 0.3) is 0 Å². The molecule has 0 aromatic heterocycles. The lowest BCUT2D eigenvalue weighted by Crippen LogP contribution is -2.25. The zero-order valence-electron chi connectivity index (χ0n) is 12.5. The molecule has 0 aliphatic rings. The van der Waals surface area contributed by atoms with Crippen molar-refractivity contribution >= 4 is 5.97 Å². The van der Waals surface area contributed by atoms with Gasteiger partial charge in [0.25, 0.3) is 0 Å². The normalized spacial score (nSPS) is 13.8. The second kappa shape index (κ2) is 8.59. The fourth-order valence-corrected chi connectivity index (χ4v) is 1.91. The van der Waals surface area contributed by atoms with Crippen molar-refractivity contribution in [2.24, 2.45) is 0 Å². The Morgan fingerprint density at radius 1 is 1.25 bits per heavy atom. The maximum Gasteiger partial charge on any atom is 0.338 e. The summed E-state index contributed by atoms with van der Waals surface area (Å²) in [6.45, 7) is 6.42. The molecule has 0 spiro atoms. The van der Waals surface area contributed by atoms with E-state index in [2.05, 4.69) is 6.92 Å². The molecule has 20 heavy (non-hydrogen) atoms. The van der Waals surface area contributed by atoms with Crippen LogP contribution >= 0.6 is 0 Å². The van der Waals surface area contributed by atoms with Crippen molar-refractivity contribution in [3.63, 3.8) is 0 Å². The Hall–Kier alpha value is -1.55. The Labute approximate surface area is 120 Å². The third kappa shape index (κ3) is 5.61. The molecular weight excluding hydrogens is 256 g/mol. The van der Waals surface area contributed by atoms with Gasteiger partial charge in [-0.2, -0.15) is 0 Å². The SMILES string of the molecule is CCCC(C)O[C@@H](CC)COC(=O)c1ccc(O)cc1. The van der Waals surface area contributed by atoms with Crippen LogP contribution in [0.1, 0.15) is 50.4 Å². The second-order valence-electron chi connectivity index (χ2n) is 4.91. The predicted molar refractivity (Wildman–Crippen MR) is 77.9 cm³/mol. The molecule has 0 radical (unpaired) electrons. The van der Waals surface area contributed by atoms with Crippen molar-refractivity contribution in [3.05, 3.63) is 29.8 Å². The molecular formula is C16H24O4. The highest BCUT2D eigenvalue weighted by Gasteiger charge is 2.14. The molecule has 1 aromatic carbocycles. The zero-order valence-corrected chi connectivity index (χ0v) is 12.5. The average molecular weight is 280 g/mol. The smallest absolute Gasteiger partial charge is 0.338 e. The molecule has 1 N–H and O–H groups in total. The van der Waals surface area contributed by atoms with E-state index in [1.165, 1.54) is 12.1 Å². The van der Waals surface area contributed by atoms with Crippen LogP contribution in [0.3, 0.4) is 0 Å². The lowest BCUT2D eigenvalue weighted by atomic mass is 10.2. The quantitative estimate of drug-likeness (QED) is 0.740. The molecule has 1 unspecified atom stereocenters. The Morgan fingerprint density at radius 3 is 2.45 bits per heavy atom. The lowest BCUT2D eigenvalue weighted by molar-refractivity contribution is -0.0444. The first-order valence-corrected chi connectivity index (χ1v) is 7.18. The van der Waals surface area contributed by atoms with Crippen molar-refractivity contribution in [2.75, 3.05) is 6.61 Å². The number of ether oxygens (including phenoxy) is 2. The van der Waals surface area contributed by atoms with Crippen molar-refractivity contribution in [1.29, 1.82) is 0 Å². The van der Waals surface area contributed by atoms with Gasteiger partial charge < -0.3 is 14.6 Å². The van der Waals surface area contributed by atoms with E-state index >= 15 is 0 Å². The van der Waals surface area contributed by atoms with Crippen LogP contribution in [0.15, 0.2) is 24.3 Å². The fourth-order valence-electron chi connectivity index (χ4n) is 1.91. The van der Waals surface area contributed by atoms with E-state index in [4.69, 9.17) is 9.47 Å². The molecule has 0 aliphatic carbocycles. The predicted octanol–water partition coefficient (Wildman–Crippen LogP) is 3.53. The fraction of sp³-hybridized carbons (Fsp3) is 0.562. The maximum atomic E-state index is 11.8. The third-order valence-corrected chi connectivity index (χ3v) is 3.08. The van der Waals surface area contributed by atoms with Gasteiger partial charge in [0, 0.05) is 0 Å². The second-order valence-corrected chi connectivity index (χ2v) is 4.91. The van der Waals surface area contributed by atoms with Gasteiger partial charge in [0.15, 0.2) is 0 Å². The van der Waals surface area contributed by atoms with Gasteiger partial charge in [-0.25, -0.2) is 4.79 Å². The Bertz CT molecular complexity index is 399. The van der Waals surface area contributed by atoms with Crippen LogP contribution in [0.4, 0.5) is 0 Å². The molecule has 0 bridgehead atoms. The van der Waals surface area contributed by atoms with E-state index in [-0.39, 0.29) is 24.6 Å². The number of esters is 1. The number of hydrogen-bond donors (Lipinski definition) is 1. The Balaban J connectivity index is 2.43. The minimum absolute atomic E-state index is 0.0717. The molecule has 0 amide bonds. The Kier molecular flexibility index (Phi) is 7.09. The van der Waals surface area contributed by atoms with Crippen LogP contribution in [0.5, 0.6) is 5.75 Å². The highest BCUT2D eigenvalue weighted by Crippen LogP contribution is 2.12. The molecule has 0 fully saturated rings. The maximum absolute atomic E-state index is 11.8. The van der Waals surface area contributed by atoms with E-state index in [1.807, 2.05) is 13.8 Å². The van der Waals surface area contributed by atoms with Gasteiger partial charge >= 0.3 is 5.97 Å². The topological polar surface area (TPSA) is 55.8 Å². The number of rotatable bonds is 8. The molecule has 0 saturated carbocycles. The summed E-state index contributed by atoms with van der Waals surface area (Å²) in [6, 6.07) is 6.01. The first-order valence-electron chi connectivity index (χ1n) is 7.18. The largest absolute Gasteiger partial charge is 0.508 e. The van der Waals surface area contributed by atoms with Crippen molar-refractivity contribution < 1.29 is 19.4 Å². The van der Waals surface area contributed by atoms with E-state index in [0.29, 0.717) is 5.56 Å².